The Kier molecular flexibility index (Phi) is 5.09. The number of benzene rings is 2. The van der Waals surface area contributed by atoms with E-state index < -0.39 is 0 Å². The largest absolute Gasteiger partial charge is 0.398 e. The number of halogens is 1. The van der Waals surface area contributed by atoms with E-state index >= 15 is 0 Å². The Hall–Kier alpha value is -1.46. The summed E-state index contributed by atoms with van der Waals surface area (Å²) in [6, 6.07) is 13.3. The molecule has 104 valence electrons. The molecule has 2 rings (SSSR count). The van der Waals surface area contributed by atoms with Crippen LogP contribution in [0.4, 0.5) is 11.4 Å². The number of aryl methyl sites for hydroxylation is 1. The molecule has 0 fully saturated rings. The van der Waals surface area contributed by atoms with Crippen molar-refractivity contribution < 1.29 is 4.79 Å². The lowest BCUT2D eigenvalue weighted by atomic mass is 10.2. The first-order valence-electron chi connectivity index (χ1n) is 6.09. The summed E-state index contributed by atoms with van der Waals surface area (Å²) < 4.78 is 0.999. The normalized spacial score (nSPS) is 10.3. The molecule has 0 aliphatic rings. The molecule has 0 atom stereocenters. The Bertz CT molecular complexity index is 631. The summed E-state index contributed by atoms with van der Waals surface area (Å²) in [5.41, 5.74) is 8.40. The molecule has 2 aromatic carbocycles. The lowest BCUT2D eigenvalue weighted by Gasteiger charge is -2.09. The van der Waals surface area contributed by atoms with Gasteiger partial charge in [-0.25, -0.2) is 0 Å². The zero-order chi connectivity index (χ0) is 14.5. The van der Waals surface area contributed by atoms with Gasteiger partial charge in [-0.05, 0) is 42.8 Å². The summed E-state index contributed by atoms with van der Waals surface area (Å²) in [6.45, 7) is 1.96. The number of nitrogens with one attached hydrogen (secondary N) is 1. The van der Waals surface area contributed by atoms with Crippen LogP contribution >= 0.6 is 27.7 Å². The number of para-hydroxylation sites is 1. The van der Waals surface area contributed by atoms with Crippen molar-refractivity contribution in [2.75, 3.05) is 16.8 Å². The van der Waals surface area contributed by atoms with Crippen molar-refractivity contribution >= 4 is 45.0 Å². The third-order valence-corrected chi connectivity index (χ3v) is 4.32. The van der Waals surface area contributed by atoms with Gasteiger partial charge in [0.05, 0.1) is 5.75 Å². The van der Waals surface area contributed by atoms with Crippen LogP contribution in [0, 0.1) is 6.92 Å². The second-order valence-electron chi connectivity index (χ2n) is 4.33. The number of rotatable bonds is 4. The first-order valence-corrected chi connectivity index (χ1v) is 7.87. The van der Waals surface area contributed by atoms with Crippen LogP contribution in [0.3, 0.4) is 0 Å². The van der Waals surface area contributed by atoms with Crippen molar-refractivity contribution in [3.05, 3.63) is 52.5 Å². The van der Waals surface area contributed by atoms with Crippen molar-refractivity contribution in [2.45, 2.75) is 11.8 Å². The van der Waals surface area contributed by atoms with Gasteiger partial charge in [0.25, 0.3) is 0 Å². The van der Waals surface area contributed by atoms with Crippen molar-refractivity contribution in [1.29, 1.82) is 0 Å². The zero-order valence-corrected chi connectivity index (χ0v) is 13.4. The van der Waals surface area contributed by atoms with E-state index in [1.54, 1.807) is 0 Å². The second kappa shape index (κ2) is 6.81. The summed E-state index contributed by atoms with van der Waals surface area (Å²) in [5.74, 6) is 0.299. The van der Waals surface area contributed by atoms with Crippen LogP contribution in [-0.2, 0) is 4.79 Å². The van der Waals surface area contributed by atoms with Crippen LogP contribution in [0.15, 0.2) is 51.8 Å². The molecule has 3 N–H and O–H groups in total. The highest BCUT2D eigenvalue weighted by Gasteiger charge is 2.07. The highest BCUT2D eigenvalue weighted by Crippen LogP contribution is 2.25. The Balaban J connectivity index is 1.94. The predicted octanol–water partition coefficient (Wildman–Crippen LogP) is 4.07. The van der Waals surface area contributed by atoms with Gasteiger partial charge in [0, 0.05) is 20.7 Å². The Labute approximate surface area is 131 Å². The molecule has 0 aliphatic carbocycles. The fourth-order valence-electron chi connectivity index (χ4n) is 1.71. The lowest BCUT2D eigenvalue weighted by molar-refractivity contribution is -0.113. The van der Waals surface area contributed by atoms with Gasteiger partial charge in [-0.3, -0.25) is 4.79 Å². The first kappa shape index (κ1) is 14.9. The van der Waals surface area contributed by atoms with Crippen molar-refractivity contribution in [3.8, 4) is 0 Å². The fraction of sp³-hybridized carbons (Fsp3) is 0.133. The van der Waals surface area contributed by atoms with Crippen LogP contribution < -0.4 is 11.1 Å². The highest BCUT2D eigenvalue weighted by atomic mass is 79.9. The van der Waals surface area contributed by atoms with E-state index in [1.165, 1.54) is 11.8 Å². The van der Waals surface area contributed by atoms with Crippen LogP contribution in [0.2, 0.25) is 0 Å². The quantitative estimate of drug-likeness (QED) is 0.645. The molecule has 0 saturated carbocycles. The van der Waals surface area contributed by atoms with E-state index in [0.717, 1.165) is 20.6 Å². The number of nitrogens with two attached hydrogens (primary N) is 1. The highest BCUT2D eigenvalue weighted by molar-refractivity contribution is 9.10. The number of carbonyl (C=O) groups excluding carboxylic acids is 1. The zero-order valence-electron chi connectivity index (χ0n) is 11.0. The molecule has 1 amide bonds. The van der Waals surface area contributed by atoms with Crippen LogP contribution in [0.5, 0.6) is 0 Å². The van der Waals surface area contributed by atoms with Gasteiger partial charge < -0.3 is 11.1 Å². The van der Waals surface area contributed by atoms with Gasteiger partial charge in [-0.1, -0.05) is 28.1 Å². The second-order valence-corrected chi connectivity index (χ2v) is 6.27. The maximum atomic E-state index is 11.9. The SMILES string of the molecule is Cc1cc(Br)ccc1NC(=O)CSc1ccccc1N. The molecule has 3 nitrogen and oxygen atoms in total. The van der Waals surface area contributed by atoms with Crippen LogP contribution in [0.25, 0.3) is 0 Å². The number of nitrogen functional groups attached to an aromatic ring is 1. The van der Waals surface area contributed by atoms with Gasteiger partial charge in [0.15, 0.2) is 0 Å². The average Bonchev–Trinajstić information content (AvgIpc) is 2.41. The van der Waals surface area contributed by atoms with Crippen LogP contribution in [0.1, 0.15) is 5.56 Å². The molecule has 20 heavy (non-hydrogen) atoms. The predicted molar refractivity (Wildman–Crippen MR) is 89.1 cm³/mol. The van der Waals surface area contributed by atoms with Gasteiger partial charge in [0.2, 0.25) is 5.91 Å². The van der Waals surface area contributed by atoms with E-state index in [4.69, 9.17) is 5.73 Å². The third kappa shape index (κ3) is 4.02. The number of hydrogen-bond acceptors (Lipinski definition) is 3. The van der Waals surface area contributed by atoms with E-state index in [-0.39, 0.29) is 5.91 Å². The topological polar surface area (TPSA) is 55.1 Å². The summed E-state index contributed by atoms with van der Waals surface area (Å²) >= 11 is 4.84. The molecule has 0 heterocycles. The number of carbonyl (C=O) groups is 1. The standard InChI is InChI=1S/C15H15BrN2OS/c1-10-8-11(16)6-7-13(10)18-15(19)9-20-14-5-3-2-4-12(14)17/h2-8H,9,17H2,1H3,(H,18,19). The number of thioether (sulfide) groups is 1. The maximum absolute atomic E-state index is 11.9. The van der Waals surface area contributed by atoms with Crippen LogP contribution in [-0.4, -0.2) is 11.7 Å². The molecular weight excluding hydrogens is 336 g/mol. The molecule has 0 saturated heterocycles. The van der Waals surface area contributed by atoms with Gasteiger partial charge >= 0.3 is 0 Å². The summed E-state index contributed by atoms with van der Waals surface area (Å²) in [6.07, 6.45) is 0. The van der Waals surface area contributed by atoms with Crippen molar-refractivity contribution in [3.63, 3.8) is 0 Å². The maximum Gasteiger partial charge on any atom is 0.234 e. The third-order valence-electron chi connectivity index (χ3n) is 2.74. The monoisotopic (exact) mass is 350 g/mol. The minimum atomic E-state index is -0.0383. The number of anilines is 2. The van der Waals surface area contributed by atoms with Gasteiger partial charge in [0.1, 0.15) is 0 Å². The van der Waals surface area contributed by atoms with Crippen molar-refractivity contribution in [2.24, 2.45) is 0 Å². The van der Waals surface area contributed by atoms with E-state index in [0.29, 0.717) is 11.4 Å². The average molecular weight is 351 g/mol. The fourth-order valence-corrected chi connectivity index (χ4v) is 2.95. The molecule has 0 aliphatic heterocycles. The van der Waals surface area contributed by atoms with Crippen molar-refractivity contribution in [1.82, 2.24) is 0 Å². The molecule has 0 bridgehead atoms. The number of amides is 1. The molecule has 0 radical (unpaired) electrons. The summed E-state index contributed by atoms with van der Waals surface area (Å²) in [7, 11) is 0. The Morgan fingerprint density at radius 3 is 2.75 bits per heavy atom. The number of hydrogen-bond donors (Lipinski definition) is 2. The minimum absolute atomic E-state index is 0.0383. The summed E-state index contributed by atoms with van der Waals surface area (Å²) in [4.78, 5) is 12.9. The molecule has 0 aromatic heterocycles. The molecular formula is C15H15BrN2OS. The Morgan fingerprint density at radius 2 is 2.05 bits per heavy atom. The smallest absolute Gasteiger partial charge is 0.234 e. The Morgan fingerprint density at radius 1 is 1.30 bits per heavy atom. The molecule has 0 spiro atoms. The molecule has 2 aromatic rings. The van der Waals surface area contributed by atoms with E-state index in [9.17, 15) is 4.79 Å². The van der Waals surface area contributed by atoms with E-state index in [1.807, 2.05) is 49.4 Å². The van der Waals surface area contributed by atoms with E-state index in [2.05, 4.69) is 21.2 Å². The lowest BCUT2D eigenvalue weighted by Crippen LogP contribution is -2.14. The molecule has 0 unspecified atom stereocenters. The van der Waals surface area contributed by atoms with Gasteiger partial charge in [-0.15, -0.1) is 11.8 Å². The molecule has 5 heteroatoms. The van der Waals surface area contributed by atoms with Gasteiger partial charge in [-0.2, -0.15) is 0 Å². The minimum Gasteiger partial charge on any atom is -0.398 e. The summed E-state index contributed by atoms with van der Waals surface area (Å²) in [5, 5.41) is 2.91. The first-order chi connectivity index (χ1) is 9.56.